The fraction of sp³-hybridized carbons (Fsp3) is 0.909. The SMILES string of the molecule is COCCCN=C(N)N1CCCCCC1. The second-order valence-corrected chi connectivity index (χ2v) is 3.99. The Hall–Kier alpha value is -0.770. The van der Waals surface area contributed by atoms with E-state index >= 15 is 0 Å². The summed E-state index contributed by atoms with van der Waals surface area (Å²) in [6.07, 6.45) is 6.09. The van der Waals surface area contributed by atoms with Crippen molar-refractivity contribution in [3.63, 3.8) is 0 Å². The van der Waals surface area contributed by atoms with Crippen LogP contribution in [0.3, 0.4) is 0 Å². The van der Waals surface area contributed by atoms with E-state index in [1.165, 1.54) is 25.7 Å². The lowest BCUT2D eigenvalue weighted by atomic mass is 10.2. The van der Waals surface area contributed by atoms with E-state index in [1.54, 1.807) is 7.11 Å². The number of guanidine groups is 1. The summed E-state index contributed by atoms with van der Waals surface area (Å²) < 4.78 is 4.97. The maximum absolute atomic E-state index is 5.94. The summed E-state index contributed by atoms with van der Waals surface area (Å²) >= 11 is 0. The molecule has 0 radical (unpaired) electrons. The van der Waals surface area contributed by atoms with Crippen LogP contribution in [0.25, 0.3) is 0 Å². The molecule has 1 saturated heterocycles. The van der Waals surface area contributed by atoms with E-state index < -0.39 is 0 Å². The summed E-state index contributed by atoms with van der Waals surface area (Å²) in [5.74, 6) is 0.716. The predicted molar refractivity (Wildman–Crippen MR) is 63.0 cm³/mol. The first-order chi connectivity index (χ1) is 7.34. The van der Waals surface area contributed by atoms with Crippen molar-refractivity contribution in [3.8, 4) is 0 Å². The minimum Gasteiger partial charge on any atom is -0.385 e. The minimum atomic E-state index is 0.716. The summed E-state index contributed by atoms with van der Waals surface area (Å²) in [5, 5.41) is 0. The number of hydrogen-bond acceptors (Lipinski definition) is 2. The molecule has 1 fully saturated rings. The van der Waals surface area contributed by atoms with Gasteiger partial charge in [-0.05, 0) is 19.3 Å². The average molecular weight is 213 g/mol. The summed E-state index contributed by atoms with van der Waals surface area (Å²) in [7, 11) is 1.71. The number of nitrogens with two attached hydrogens (primary N) is 1. The standard InChI is InChI=1S/C11H23N3O/c1-15-10-6-7-13-11(12)14-8-4-2-3-5-9-14/h2-10H2,1H3,(H2,12,13). The van der Waals surface area contributed by atoms with Gasteiger partial charge in [-0.3, -0.25) is 4.99 Å². The Labute approximate surface area is 92.5 Å². The first kappa shape index (κ1) is 12.3. The molecule has 0 amide bonds. The van der Waals surface area contributed by atoms with Gasteiger partial charge in [0.05, 0.1) is 0 Å². The highest BCUT2D eigenvalue weighted by atomic mass is 16.5. The molecule has 0 aromatic carbocycles. The van der Waals surface area contributed by atoms with Gasteiger partial charge in [-0.25, -0.2) is 0 Å². The number of methoxy groups -OCH3 is 1. The van der Waals surface area contributed by atoms with Crippen LogP contribution in [0.1, 0.15) is 32.1 Å². The monoisotopic (exact) mass is 213 g/mol. The molecule has 1 aliphatic heterocycles. The molecule has 1 rings (SSSR count). The lowest BCUT2D eigenvalue weighted by Gasteiger charge is -2.20. The van der Waals surface area contributed by atoms with Crippen LogP contribution in [0.5, 0.6) is 0 Å². The van der Waals surface area contributed by atoms with Crippen LogP contribution in [0.15, 0.2) is 4.99 Å². The van der Waals surface area contributed by atoms with Crippen LogP contribution < -0.4 is 5.73 Å². The molecule has 0 aliphatic carbocycles. The molecular weight excluding hydrogens is 190 g/mol. The zero-order valence-electron chi connectivity index (χ0n) is 9.74. The Morgan fingerprint density at radius 2 is 1.93 bits per heavy atom. The molecular formula is C11H23N3O. The van der Waals surface area contributed by atoms with E-state index in [0.29, 0.717) is 5.96 Å². The van der Waals surface area contributed by atoms with Crippen molar-refractivity contribution < 1.29 is 4.74 Å². The van der Waals surface area contributed by atoms with Gasteiger partial charge in [0.15, 0.2) is 5.96 Å². The summed E-state index contributed by atoms with van der Waals surface area (Å²) in [5.41, 5.74) is 5.94. The molecule has 0 saturated carbocycles. The Balaban J connectivity index is 2.26. The molecule has 0 atom stereocenters. The topological polar surface area (TPSA) is 50.9 Å². The highest BCUT2D eigenvalue weighted by molar-refractivity contribution is 5.78. The van der Waals surface area contributed by atoms with Crippen molar-refractivity contribution in [2.75, 3.05) is 33.4 Å². The molecule has 0 aromatic rings. The van der Waals surface area contributed by atoms with Crippen molar-refractivity contribution >= 4 is 5.96 Å². The fourth-order valence-corrected chi connectivity index (χ4v) is 1.80. The third kappa shape index (κ3) is 5.02. The van der Waals surface area contributed by atoms with Crippen LogP contribution >= 0.6 is 0 Å². The zero-order chi connectivity index (χ0) is 10.9. The van der Waals surface area contributed by atoms with Gasteiger partial charge in [0.2, 0.25) is 0 Å². The van der Waals surface area contributed by atoms with Crippen molar-refractivity contribution in [2.24, 2.45) is 10.7 Å². The summed E-state index contributed by atoms with van der Waals surface area (Å²) in [6.45, 7) is 3.67. The van der Waals surface area contributed by atoms with Gasteiger partial charge < -0.3 is 15.4 Å². The van der Waals surface area contributed by atoms with Crippen LogP contribution in [0, 0.1) is 0 Å². The third-order valence-corrected chi connectivity index (χ3v) is 2.71. The van der Waals surface area contributed by atoms with E-state index in [2.05, 4.69) is 9.89 Å². The highest BCUT2D eigenvalue weighted by Gasteiger charge is 2.10. The molecule has 15 heavy (non-hydrogen) atoms. The molecule has 0 bridgehead atoms. The number of hydrogen-bond donors (Lipinski definition) is 1. The maximum atomic E-state index is 5.94. The van der Waals surface area contributed by atoms with Crippen LogP contribution in [0.2, 0.25) is 0 Å². The number of ether oxygens (including phenoxy) is 1. The van der Waals surface area contributed by atoms with E-state index in [9.17, 15) is 0 Å². The van der Waals surface area contributed by atoms with Crippen molar-refractivity contribution in [2.45, 2.75) is 32.1 Å². The van der Waals surface area contributed by atoms with E-state index in [4.69, 9.17) is 10.5 Å². The van der Waals surface area contributed by atoms with Crippen LogP contribution in [0.4, 0.5) is 0 Å². The third-order valence-electron chi connectivity index (χ3n) is 2.71. The molecule has 4 nitrogen and oxygen atoms in total. The lowest BCUT2D eigenvalue weighted by Crippen LogP contribution is -2.38. The Kier molecular flexibility index (Phi) is 6.16. The molecule has 0 aromatic heterocycles. The van der Waals surface area contributed by atoms with E-state index in [0.717, 1.165) is 32.7 Å². The van der Waals surface area contributed by atoms with Gasteiger partial charge in [0.1, 0.15) is 0 Å². The number of nitrogens with zero attached hydrogens (tertiary/aromatic N) is 2. The van der Waals surface area contributed by atoms with Gasteiger partial charge in [0.25, 0.3) is 0 Å². The first-order valence-electron chi connectivity index (χ1n) is 5.88. The number of likely N-dealkylation sites (tertiary alicyclic amines) is 1. The molecule has 0 unspecified atom stereocenters. The molecule has 1 heterocycles. The molecule has 4 heteroatoms. The zero-order valence-corrected chi connectivity index (χ0v) is 9.74. The van der Waals surface area contributed by atoms with Crippen molar-refractivity contribution in [1.29, 1.82) is 0 Å². The Morgan fingerprint density at radius 3 is 2.53 bits per heavy atom. The fourth-order valence-electron chi connectivity index (χ4n) is 1.80. The minimum absolute atomic E-state index is 0.716. The summed E-state index contributed by atoms with van der Waals surface area (Å²) in [6, 6.07) is 0. The average Bonchev–Trinajstić information content (AvgIpc) is 2.52. The Morgan fingerprint density at radius 1 is 1.27 bits per heavy atom. The first-order valence-corrected chi connectivity index (χ1v) is 5.88. The molecule has 2 N–H and O–H groups in total. The maximum Gasteiger partial charge on any atom is 0.191 e. The quantitative estimate of drug-likeness (QED) is 0.434. The molecule has 1 aliphatic rings. The van der Waals surface area contributed by atoms with Gasteiger partial charge in [0, 0.05) is 33.4 Å². The number of rotatable bonds is 4. The van der Waals surface area contributed by atoms with E-state index in [1.807, 2.05) is 0 Å². The largest absolute Gasteiger partial charge is 0.385 e. The van der Waals surface area contributed by atoms with Gasteiger partial charge in [-0.15, -0.1) is 0 Å². The number of aliphatic imine (C=N–C) groups is 1. The lowest BCUT2D eigenvalue weighted by molar-refractivity contribution is 0.197. The van der Waals surface area contributed by atoms with E-state index in [-0.39, 0.29) is 0 Å². The molecule has 0 spiro atoms. The van der Waals surface area contributed by atoms with Crippen molar-refractivity contribution in [1.82, 2.24) is 4.90 Å². The normalized spacial score (nSPS) is 19.0. The van der Waals surface area contributed by atoms with Crippen LogP contribution in [-0.2, 0) is 4.74 Å². The van der Waals surface area contributed by atoms with Gasteiger partial charge in [-0.2, -0.15) is 0 Å². The highest BCUT2D eigenvalue weighted by Crippen LogP contribution is 2.08. The summed E-state index contributed by atoms with van der Waals surface area (Å²) in [4.78, 5) is 6.58. The second kappa shape index (κ2) is 7.51. The molecule has 88 valence electrons. The van der Waals surface area contributed by atoms with Gasteiger partial charge >= 0.3 is 0 Å². The van der Waals surface area contributed by atoms with Crippen LogP contribution in [-0.4, -0.2) is 44.2 Å². The predicted octanol–water partition coefficient (Wildman–Crippen LogP) is 1.21. The van der Waals surface area contributed by atoms with Gasteiger partial charge in [-0.1, -0.05) is 12.8 Å². The Bertz CT molecular complexity index is 186. The second-order valence-electron chi connectivity index (χ2n) is 3.99. The smallest absolute Gasteiger partial charge is 0.191 e. The van der Waals surface area contributed by atoms with Crippen molar-refractivity contribution in [3.05, 3.63) is 0 Å².